The Morgan fingerprint density at radius 2 is 1.89 bits per heavy atom. The van der Waals surface area contributed by atoms with Crippen molar-refractivity contribution in [3.05, 3.63) is 34.4 Å². The minimum atomic E-state index is -0.329. The number of nitrogens with zero attached hydrogens (tertiary/aromatic N) is 3. The van der Waals surface area contributed by atoms with Gasteiger partial charge in [-0.2, -0.15) is 0 Å². The van der Waals surface area contributed by atoms with Crippen molar-refractivity contribution in [3.8, 4) is 0 Å². The lowest BCUT2D eigenvalue weighted by Crippen LogP contribution is -2.47. The fourth-order valence-electron chi connectivity index (χ4n) is 2.59. The summed E-state index contributed by atoms with van der Waals surface area (Å²) in [6.07, 6.45) is 2.69. The standard InChI is InChI=1S/C13H17N3O2/c17-16(18)13-3-1-2-12(10-13)15-8-6-14(7-9-15)11-4-5-11/h1-3,10-11H,4-9H2. The van der Waals surface area contributed by atoms with Crippen LogP contribution in [0.2, 0.25) is 0 Å². The van der Waals surface area contributed by atoms with E-state index in [0.717, 1.165) is 37.9 Å². The molecule has 5 heteroatoms. The molecule has 2 fully saturated rings. The van der Waals surface area contributed by atoms with E-state index in [1.807, 2.05) is 6.07 Å². The molecule has 1 saturated carbocycles. The highest BCUT2D eigenvalue weighted by Crippen LogP contribution is 2.29. The number of nitro groups is 1. The molecular formula is C13H17N3O2. The first-order valence-corrected chi connectivity index (χ1v) is 6.47. The van der Waals surface area contributed by atoms with E-state index >= 15 is 0 Å². The fraction of sp³-hybridized carbons (Fsp3) is 0.538. The van der Waals surface area contributed by atoms with Gasteiger partial charge in [0.1, 0.15) is 0 Å². The first-order valence-electron chi connectivity index (χ1n) is 6.47. The lowest BCUT2D eigenvalue weighted by molar-refractivity contribution is -0.384. The van der Waals surface area contributed by atoms with Crippen LogP contribution < -0.4 is 4.90 Å². The summed E-state index contributed by atoms with van der Waals surface area (Å²) in [5.41, 5.74) is 1.15. The van der Waals surface area contributed by atoms with E-state index in [-0.39, 0.29) is 10.6 Å². The van der Waals surface area contributed by atoms with Gasteiger partial charge in [-0.3, -0.25) is 15.0 Å². The van der Waals surface area contributed by atoms with Crippen LogP contribution in [-0.4, -0.2) is 42.0 Å². The van der Waals surface area contributed by atoms with E-state index in [9.17, 15) is 10.1 Å². The van der Waals surface area contributed by atoms with E-state index in [2.05, 4.69) is 9.80 Å². The molecule has 5 nitrogen and oxygen atoms in total. The van der Waals surface area contributed by atoms with Gasteiger partial charge in [0, 0.05) is 50.0 Å². The van der Waals surface area contributed by atoms with Crippen LogP contribution in [0, 0.1) is 10.1 Å². The normalized spacial score (nSPS) is 21.0. The number of nitro benzene ring substituents is 1. The summed E-state index contributed by atoms with van der Waals surface area (Å²) in [4.78, 5) is 15.2. The molecule has 3 rings (SSSR count). The minimum Gasteiger partial charge on any atom is -0.369 e. The number of benzene rings is 1. The smallest absolute Gasteiger partial charge is 0.271 e. The largest absolute Gasteiger partial charge is 0.369 e. The average molecular weight is 247 g/mol. The minimum absolute atomic E-state index is 0.178. The van der Waals surface area contributed by atoms with Crippen molar-refractivity contribution in [2.24, 2.45) is 0 Å². The lowest BCUT2D eigenvalue weighted by atomic mass is 10.2. The molecule has 1 saturated heterocycles. The summed E-state index contributed by atoms with van der Waals surface area (Å²) in [7, 11) is 0. The molecule has 18 heavy (non-hydrogen) atoms. The second kappa shape index (κ2) is 4.57. The van der Waals surface area contributed by atoms with Gasteiger partial charge in [0.25, 0.3) is 5.69 Å². The molecule has 0 N–H and O–H groups in total. The highest BCUT2D eigenvalue weighted by atomic mass is 16.6. The molecule has 0 unspecified atom stereocenters. The first kappa shape index (κ1) is 11.5. The van der Waals surface area contributed by atoms with Crippen LogP contribution in [-0.2, 0) is 0 Å². The van der Waals surface area contributed by atoms with Crippen LogP contribution in [0.4, 0.5) is 11.4 Å². The van der Waals surface area contributed by atoms with Crippen molar-refractivity contribution < 1.29 is 4.92 Å². The second-order valence-corrected chi connectivity index (χ2v) is 5.03. The van der Waals surface area contributed by atoms with Crippen molar-refractivity contribution in [2.75, 3.05) is 31.1 Å². The van der Waals surface area contributed by atoms with E-state index in [1.54, 1.807) is 18.2 Å². The van der Waals surface area contributed by atoms with E-state index in [4.69, 9.17) is 0 Å². The quantitative estimate of drug-likeness (QED) is 0.604. The molecule has 0 atom stereocenters. The summed E-state index contributed by atoms with van der Waals surface area (Å²) in [5, 5.41) is 10.8. The van der Waals surface area contributed by atoms with Crippen LogP contribution in [0.3, 0.4) is 0 Å². The van der Waals surface area contributed by atoms with E-state index < -0.39 is 0 Å². The molecular weight excluding hydrogens is 230 g/mol. The average Bonchev–Trinajstić information content (AvgIpc) is 3.23. The predicted molar refractivity (Wildman–Crippen MR) is 69.9 cm³/mol. The second-order valence-electron chi connectivity index (χ2n) is 5.03. The van der Waals surface area contributed by atoms with Crippen LogP contribution in [0.1, 0.15) is 12.8 Å². The first-order chi connectivity index (χ1) is 8.74. The maximum Gasteiger partial charge on any atom is 0.271 e. The number of rotatable bonds is 3. The molecule has 1 aliphatic heterocycles. The highest BCUT2D eigenvalue weighted by molar-refractivity contribution is 5.53. The third-order valence-electron chi connectivity index (χ3n) is 3.78. The SMILES string of the molecule is O=[N+]([O-])c1cccc(N2CCN(C3CC3)CC2)c1. The van der Waals surface area contributed by atoms with Crippen molar-refractivity contribution in [1.29, 1.82) is 0 Å². The fourth-order valence-corrected chi connectivity index (χ4v) is 2.59. The molecule has 1 aliphatic carbocycles. The van der Waals surface area contributed by atoms with Crippen molar-refractivity contribution >= 4 is 11.4 Å². The number of non-ortho nitro benzene ring substituents is 1. The van der Waals surface area contributed by atoms with E-state index in [1.165, 1.54) is 12.8 Å². The maximum absolute atomic E-state index is 10.8. The van der Waals surface area contributed by atoms with Crippen molar-refractivity contribution in [3.63, 3.8) is 0 Å². The van der Waals surface area contributed by atoms with Gasteiger partial charge in [-0.05, 0) is 18.9 Å². The number of piperazine rings is 1. The summed E-state index contributed by atoms with van der Waals surface area (Å²) < 4.78 is 0. The molecule has 1 aromatic carbocycles. The van der Waals surface area contributed by atoms with Gasteiger partial charge in [0.15, 0.2) is 0 Å². The van der Waals surface area contributed by atoms with Crippen LogP contribution in [0.15, 0.2) is 24.3 Å². The zero-order valence-electron chi connectivity index (χ0n) is 10.3. The van der Waals surface area contributed by atoms with Gasteiger partial charge in [0.2, 0.25) is 0 Å². The summed E-state index contributed by atoms with van der Waals surface area (Å²) >= 11 is 0. The Balaban J connectivity index is 1.67. The Labute approximate surface area is 106 Å². The predicted octanol–water partition coefficient (Wildman–Crippen LogP) is 1.88. The van der Waals surface area contributed by atoms with E-state index in [0.29, 0.717) is 0 Å². The topological polar surface area (TPSA) is 49.6 Å². The molecule has 0 aromatic heterocycles. The monoisotopic (exact) mass is 247 g/mol. The third-order valence-corrected chi connectivity index (χ3v) is 3.78. The molecule has 0 amide bonds. The zero-order chi connectivity index (χ0) is 12.5. The number of anilines is 1. The summed E-state index contributed by atoms with van der Waals surface area (Å²) in [5.74, 6) is 0. The zero-order valence-corrected chi connectivity index (χ0v) is 10.3. The maximum atomic E-state index is 10.8. The summed E-state index contributed by atoms with van der Waals surface area (Å²) in [6, 6.07) is 7.76. The van der Waals surface area contributed by atoms with Crippen LogP contribution in [0.25, 0.3) is 0 Å². The molecule has 0 bridgehead atoms. The van der Waals surface area contributed by atoms with Gasteiger partial charge in [-0.1, -0.05) is 6.07 Å². The Morgan fingerprint density at radius 3 is 2.50 bits per heavy atom. The number of hydrogen-bond donors (Lipinski definition) is 0. The lowest BCUT2D eigenvalue weighted by Gasteiger charge is -2.36. The van der Waals surface area contributed by atoms with Gasteiger partial charge in [-0.15, -0.1) is 0 Å². The Morgan fingerprint density at radius 1 is 1.17 bits per heavy atom. The van der Waals surface area contributed by atoms with Crippen molar-refractivity contribution in [2.45, 2.75) is 18.9 Å². The van der Waals surface area contributed by atoms with Crippen LogP contribution in [0.5, 0.6) is 0 Å². The Bertz CT molecular complexity index is 451. The van der Waals surface area contributed by atoms with Crippen molar-refractivity contribution in [1.82, 2.24) is 4.90 Å². The molecule has 1 heterocycles. The Kier molecular flexibility index (Phi) is 2.91. The third kappa shape index (κ3) is 2.31. The molecule has 96 valence electrons. The molecule has 2 aliphatic rings. The Hall–Kier alpha value is -1.62. The molecule has 0 spiro atoms. The van der Waals surface area contributed by atoms with Gasteiger partial charge < -0.3 is 4.90 Å². The highest BCUT2D eigenvalue weighted by Gasteiger charge is 2.31. The van der Waals surface area contributed by atoms with Gasteiger partial charge in [0.05, 0.1) is 4.92 Å². The molecule has 0 radical (unpaired) electrons. The van der Waals surface area contributed by atoms with Gasteiger partial charge in [-0.25, -0.2) is 0 Å². The number of hydrogen-bond acceptors (Lipinski definition) is 4. The van der Waals surface area contributed by atoms with Gasteiger partial charge >= 0.3 is 0 Å². The van der Waals surface area contributed by atoms with Crippen LogP contribution >= 0.6 is 0 Å². The molecule has 1 aromatic rings. The summed E-state index contributed by atoms with van der Waals surface area (Å²) in [6.45, 7) is 4.09.